The molecule has 0 saturated heterocycles. The van der Waals surface area contributed by atoms with Crippen molar-refractivity contribution in [2.75, 3.05) is 0 Å². The second-order valence-electron chi connectivity index (χ2n) is 15.1. The van der Waals surface area contributed by atoms with E-state index < -0.39 is 5.41 Å². The molecule has 11 aromatic rings. The van der Waals surface area contributed by atoms with Crippen LogP contribution in [0.1, 0.15) is 22.3 Å². The summed E-state index contributed by atoms with van der Waals surface area (Å²) in [6, 6.07) is 61.9. The fourth-order valence-electron chi connectivity index (χ4n) is 10.3. The number of benzene rings is 6. The first-order valence-corrected chi connectivity index (χ1v) is 19.4. The van der Waals surface area contributed by atoms with Crippen LogP contribution in [0.3, 0.4) is 0 Å². The zero-order valence-corrected chi connectivity index (χ0v) is 30.6. The monoisotopic (exact) mass is 725 g/mol. The van der Waals surface area contributed by atoms with Crippen LogP contribution in [-0.4, -0.2) is 24.1 Å². The third kappa shape index (κ3) is 3.90. The predicted octanol–water partition coefficient (Wildman–Crippen LogP) is 12.1. The SMILES string of the molecule is c1ccc2c(c1)-c1ccccc1C21c2ccccc2-c2c1ccc1c2c2ncccc2n1-c1ccc(-c2ccc(-n3c4cccnc4c4ncccc43)cc2)cc1. The molecule has 13 rings (SSSR count). The molecule has 5 heterocycles. The minimum atomic E-state index is -0.400. The van der Waals surface area contributed by atoms with Gasteiger partial charge in [0.15, 0.2) is 0 Å². The topological polar surface area (TPSA) is 48.5 Å². The van der Waals surface area contributed by atoms with Gasteiger partial charge in [0.2, 0.25) is 0 Å². The van der Waals surface area contributed by atoms with Gasteiger partial charge in [-0.3, -0.25) is 15.0 Å². The summed E-state index contributed by atoms with van der Waals surface area (Å²) >= 11 is 0. The third-order valence-corrected chi connectivity index (χ3v) is 12.5. The third-order valence-electron chi connectivity index (χ3n) is 12.5. The minimum absolute atomic E-state index is 0.400. The number of nitrogens with zero attached hydrogens (tertiary/aromatic N) is 5. The number of hydrogen-bond acceptors (Lipinski definition) is 3. The quantitative estimate of drug-likeness (QED) is 0.182. The molecule has 5 heteroatoms. The summed E-state index contributed by atoms with van der Waals surface area (Å²) in [4.78, 5) is 14.4. The van der Waals surface area contributed by atoms with Gasteiger partial charge in [0, 0.05) is 35.4 Å². The van der Waals surface area contributed by atoms with Gasteiger partial charge >= 0.3 is 0 Å². The Hall–Kier alpha value is -7.63. The maximum atomic E-state index is 5.11. The van der Waals surface area contributed by atoms with Crippen molar-refractivity contribution in [2.45, 2.75) is 5.41 Å². The van der Waals surface area contributed by atoms with Crippen LogP contribution in [0.25, 0.3) is 88.8 Å². The molecule has 2 aliphatic carbocycles. The second-order valence-corrected chi connectivity index (χ2v) is 15.1. The van der Waals surface area contributed by atoms with Crippen molar-refractivity contribution in [1.29, 1.82) is 0 Å². The summed E-state index contributed by atoms with van der Waals surface area (Å²) in [5.41, 5.74) is 21.8. The van der Waals surface area contributed by atoms with E-state index in [2.05, 4.69) is 177 Å². The molecule has 0 atom stereocenters. The van der Waals surface area contributed by atoms with Crippen LogP contribution < -0.4 is 0 Å². The van der Waals surface area contributed by atoms with Gasteiger partial charge in [0.1, 0.15) is 11.0 Å². The van der Waals surface area contributed by atoms with E-state index in [1.54, 1.807) is 0 Å². The number of rotatable bonds is 3. The van der Waals surface area contributed by atoms with E-state index in [1.165, 1.54) is 49.9 Å². The van der Waals surface area contributed by atoms with Gasteiger partial charge < -0.3 is 9.13 Å². The molecule has 0 N–H and O–H groups in total. The summed E-state index contributed by atoms with van der Waals surface area (Å²) in [6.45, 7) is 0. The lowest BCUT2D eigenvalue weighted by atomic mass is 9.70. The van der Waals surface area contributed by atoms with E-state index in [9.17, 15) is 0 Å². The molecule has 0 bridgehead atoms. The zero-order chi connectivity index (χ0) is 37.2. The van der Waals surface area contributed by atoms with Gasteiger partial charge in [-0.15, -0.1) is 0 Å². The van der Waals surface area contributed by atoms with E-state index in [0.29, 0.717) is 0 Å². The normalized spacial score (nSPS) is 13.4. The Morgan fingerprint density at radius 2 is 0.772 bits per heavy atom. The summed E-state index contributed by atoms with van der Waals surface area (Å²) in [6.07, 6.45) is 5.60. The van der Waals surface area contributed by atoms with Crippen molar-refractivity contribution >= 4 is 44.0 Å². The molecule has 264 valence electrons. The van der Waals surface area contributed by atoms with Crippen LogP contribution in [0.4, 0.5) is 0 Å². The Kier molecular flexibility index (Phi) is 6.04. The molecule has 0 fully saturated rings. The highest BCUT2D eigenvalue weighted by atomic mass is 15.0. The molecular weight excluding hydrogens is 695 g/mol. The Balaban J connectivity index is 0.962. The van der Waals surface area contributed by atoms with E-state index in [-0.39, 0.29) is 0 Å². The molecule has 2 aliphatic rings. The molecule has 5 nitrogen and oxygen atoms in total. The highest BCUT2D eigenvalue weighted by Gasteiger charge is 2.52. The molecule has 0 unspecified atom stereocenters. The van der Waals surface area contributed by atoms with Crippen LogP contribution in [0.2, 0.25) is 0 Å². The summed E-state index contributed by atoms with van der Waals surface area (Å²) < 4.78 is 4.63. The van der Waals surface area contributed by atoms with E-state index in [0.717, 1.165) is 61.1 Å². The highest BCUT2D eigenvalue weighted by Crippen LogP contribution is 2.64. The maximum absolute atomic E-state index is 5.11. The summed E-state index contributed by atoms with van der Waals surface area (Å²) in [7, 11) is 0. The Bertz CT molecular complexity index is 3360. The summed E-state index contributed by atoms with van der Waals surface area (Å²) in [5, 5.41) is 1.20. The lowest BCUT2D eigenvalue weighted by Crippen LogP contribution is -2.25. The second kappa shape index (κ2) is 11.2. The fourth-order valence-corrected chi connectivity index (χ4v) is 10.3. The number of pyridine rings is 3. The van der Waals surface area contributed by atoms with Crippen molar-refractivity contribution in [2.24, 2.45) is 0 Å². The largest absolute Gasteiger partial charge is 0.308 e. The van der Waals surface area contributed by atoms with Gasteiger partial charge in [-0.05, 0) is 122 Å². The standard InChI is InChI=1S/C52H31N5/c1-4-13-39-36(10-1)37-11-2-5-14-40(37)52(39)41-15-6-3-12-38(41)47-42(52)27-28-43-48(47)49-44(16-7-29-53-49)56(43)34-23-19-32(20-24-34)33-21-25-35(26-22-33)57-45-17-8-30-54-50(45)51-46(57)18-9-31-55-51/h1-31H. The molecule has 6 aromatic carbocycles. The Labute approximate surface area is 327 Å². The van der Waals surface area contributed by atoms with Crippen molar-refractivity contribution < 1.29 is 0 Å². The Morgan fingerprint density at radius 1 is 0.333 bits per heavy atom. The van der Waals surface area contributed by atoms with Crippen molar-refractivity contribution in [3.05, 3.63) is 211 Å². The average Bonchev–Trinajstić information content (AvgIpc) is 3.99. The average molecular weight is 726 g/mol. The molecule has 0 amide bonds. The number of fused-ring (bicyclic) bond motifs is 17. The van der Waals surface area contributed by atoms with Gasteiger partial charge in [0.25, 0.3) is 0 Å². The molecule has 1 spiro atoms. The first-order chi connectivity index (χ1) is 28.3. The van der Waals surface area contributed by atoms with Gasteiger partial charge in [-0.25, -0.2) is 0 Å². The van der Waals surface area contributed by atoms with Crippen molar-refractivity contribution in [1.82, 2.24) is 24.1 Å². The van der Waals surface area contributed by atoms with Crippen LogP contribution in [0.15, 0.2) is 188 Å². The van der Waals surface area contributed by atoms with Crippen LogP contribution in [-0.2, 0) is 5.41 Å². The highest BCUT2D eigenvalue weighted by molar-refractivity contribution is 6.17. The number of aromatic nitrogens is 5. The van der Waals surface area contributed by atoms with E-state index >= 15 is 0 Å². The lowest BCUT2D eigenvalue weighted by molar-refractivity contribution is 0.794. The van der Waals surface area contributed by atoms with E-state index in [1.807, 2.05) is 30.7 Å². The molecule has 5 aromatic heterocycles. The smallest absolute Gasteiger partial charge is 0.115 e. The van der Waals surface area contributed by atoms with Gasteiger partial charge in [0.05, 0.1) is 33.0 Å². The van der Waals surface area contributed by atoms with E-state index in [4.69, 9.17) is 4.98 Å². The molecular formula is C52H31N5. The van der Waals surface area contributed by atoms with Crippen molar-refractivity contribution in [3.63, 3.8) is 0 Å². The maximum Gasteiger partial charge on any atom is 0.115 e. The van der Waals surface area contributed by atoms with Crippen LogP contribution in [0.5, 0.6) is 0 Å². The summed E-state index contributed by atoms with van der Waals surface area (Å²) in [5.74, 6) is 0. The first-order valence-electron chi connectivity index (χ1n) is 19.4. The fraction of sp³-hybridized carbons (Fsp3) is 0.0192. The zero-order valence-electron chi connectivity index (χ0n) is 30.6. The molecule has 57 heavy (non-hydrogen) atoms. The lowest BCUT2D eigenvalue weighted by Gasteiger charge is -2.30. The molecule has 0 radical (unpaired) electrons. The minimum Gasteiger partial charge on any atom is -0.308 e. The first kappa shape index (κ1) is 30.7. The van der Waals surface area contributed by atoms with Crippen LogP contribution in [0, 0.1) is 0 Å². The molecule has 0 aliphatic heterocycles. The number of hydrogen-bond donors (Lipinski definition) is 0. The Morgan fingerprint density at radius 3 is 1.32 bits per heavy atom. The van der Waals surface area contributed by atoms with Gasteiger partial charge in [-0.2, -0.15) is 0 Å². The van der Waals surface area contributed by atoms with Crippen LogP contribution >= 0.6 is 0 Å². The van der Waals surface area contributed by atoms with Gasteiger partial charge in [-0.1, -0.05) is 103 Å². The van der Waals surface area contributed by atoms with Crippen molar-refractivity contribution in [3.8, 4) is 44.8 Å². The molecule has 0 saturated carbocycles. The predicted molar refractivity (Wildman–Crippen MR) is 230 cm³/mol.